The molecule has 0 aliphatic carbocycles. The molecule has 1 heterocycles. The highest BCUT2D eigenvalue weighted by Gasteiger charge is 2.22. The molecule has 0 fully saturated rings. The fourth-order valence-corrected chi connectivity index (χ4v) is 1.73. The molecule has 3 nitrogen and oxygen atoms in total. The Bertz CT molecular complexity index is 284. The lowest BCUT2D eigenvalue weighted by molar-refractivity contribution is -0.120. The van der Waals surface area contributed by atoms with Crippen LogP contribution in [0, 0.1) is 0 Å². The third-order valence-electron chi connectivity index (χ3n) is 2.06. The third kappa shape index (κ3) is 2.96. The van der Waals surface area contributed by atoms with Crippen molar-refractivity contribution in [1.82, 2.24) is 5.32 Å². The molecular weight excluding hydrogens is 246 g/mol. The van der Waals surface area contributed by atoms with Crippen molar-refractivity contribution in [2.75, 3.05) is 13.7 Å². The molecule has 0 radical (unpaired) electrons. The fourth-order valence-electron chi connectivity index (χ4n) is 1.26. The van der Waals surface area contributed by atoms with Gasteiger partial charge in [-0.3, -0.25) is 4.79 Å². The summed E-state index contributed by atoms with van der Waals surface area (Å²) in [5.41, 5.74) is 2.07. The minimum Gasteiger partial charge on any atom is -0.381 e. The van der Waals surface area contributed by atoms with Gasteiger partial charge < -0.3 is 10.1 Å². The lowest BCUT2D eigenvalue weighted by Crippen LogP contribution is -2.34. The summed E-state index contributed by atoms with van der Waals surface area (Å²) in [6, 6.07) is 0. The van der Waals surface area contributed by atoms with Gasteiger partial charge in [0.1, 0.15) is 0 Å². The first-order valence-electron chi connectivity index (χ1n) is 4.45. The SMILES string of the molecule is COC/C=C\C1=C(C)NC(=O)C(Br)C1. The third-order valence-corrected chi connectivity index (χ3v) is 2.80. The van der Waals surface area contributed by atoms with Crippen molar-refractivity contribution in [2.24, 2.45) is 0 Å². The van der Waals surface area contributed by atoms with Crippen LogP contribution in [-0.2, 0) is 9.53 Å². The molecule has 1 aliphatic heterocycles. The predicted molar refractivity (Wildman–Crippen MR) is 59.2 cm³/mol. The second kappa shape index (κ2) is 5.32. The van der Waals surface area contributed by atoms with Crippen molar-refractivity contribution < 1.29 is 9.53 Å². The van der Waals surface area contributed by atoms with Gasteiger partial charge in [-0.15, -0.1) is 0 Å². The Balaban J connectivity index is 2.67. The maximum atomic E-state index is 11.2. The van der Waals surface area contributed by atoms with E-state index in [9.17, 15) is 4.79 Å². The summed E-state index contributed by atoms with van der Waals surface area (Å²) in [5.74, 6) is 0.0337. The summed E-state index contributed by atoms with van der Waals surface area (Å²) >= 11 is 3.32. The number of carbonyl (C=O) groups is 1. The standard InChI is InChI=1S/C10H14BrNO2/c1-7-8(4-3-5-14-2)6-9(11)10(13)12-7/h3-4,9H,5-6H2,1-2H3,(H,12,13)/b4-3-. The Morgan fingerprint density at radius 1 is 1.71 bits per heavy atom. The van der Waals surface area contributed by atoms with E-state index in [1.54, 1.807) is 7.11 Å². The minimum absolute atomic E-state index is 0.0337. The topological polar surface area (TPSA) is 38.3 Å². The Morgan fingerprint density at radius 2 is 2.43 bits per heavy atom. The van der Waals surface area contributed by atoms with Crippen LogP contribution in [0.2, 0.25) is 0 Å². The molecule has 0 saturated heterocycles. The molecule has 0 aromatic carbocycles. The van der Waals surface area contributed by atoms with Crippen molar-refractivity contribution in [2.45, 2.75) is 18.2 Å². The molecule has 14 heavy (non-hydrogen) atoms. The van der Waals surface area contributed by atoms with Crippen LogP contribution in [0.1, 0.15) is 13.3 Å². The van der Waals surface area contributed by atoms with Crippen LogP contribution >= 0.6 is 15.9 Å². The van der Waals surface area contributed by atoms with Crippen molar-refractivity contribution >= 4 is 21.8 Å². The maximum Gasteiger partial charge on any atom is 0.238 e. The highest BCUT2D eigenvalue weighted by molar-refractivity contribution is 9.10. The van der Waals surface area contributed by atoms with Crippen LogP contribution in [0.25, 0.3) is 0 Å². The van der Waals surface area contributed by atoms with Crippen LogP contribution in [0.15, 0.2) is 23.4 Å². The number of carbonyl (C=O) groups excluding carboxylic acids is 1. The zero-order valence-corrected chi connectivity index (χ0v) is 9.93. The molecule has 4 heteroatoms. The van der Waals surface area contributed by atoms with Crippen LogP contribution in [0.3, 0.4) is 0 Å². The summed E-state index contributed by atoms with van der Waals surface area (Å²) in [6.07, 6.45) is 4.67. The molecule has 0 spiro atoms. The second-order valence-electron chi connectivity index (χ2n) is 3.17. The Morgan fingerprint density at radius 3 is 3.07 bits per heavy atom. The highest BCUT2D eigenvalue weighted by Crippen LogP contribution is 2.21. The predicted octanol–water partition coefficient (Wildman–Crippen LogP) is 1.75. The quantitative estimate of drug-likeness (QED) is 0.785. The van der Waals surface area contributed by atoms with Gasteiger partial charge in [0.25, 0.3) is 0 Å². The number of alkyl halides is 1. The van der Waals surface area contributed by atoms with Crippen LogP contribution in [-0.4, -0.2) is 24.5 Å². The first-order valence-corrected chi connectivity index (χ1v) is 5.37. The summed E-state index contributed by atoms with van der Waals surface area (Å²) in [5, 5.41) is 2.81. The zero-order valence-electron chi connectivity index (χ0n) is 8.34. The maximum absolute atomic E-state index is 11.2. The summed E-state index contributed by atoms with van der Waals surface area (Å²) < 4.78 is 4.91. The van der Waals surface area contributed by atoms with Gasteiger partial charge in [-0.1, -0.05) is 28.1 Å². The van der Waals surface area contributed by atoms with Gasteiger partial charge >= 0.3 is 0 Å². The van der Waals surface area contributed by atoms with E-state index in [1.165, 1.54) is 0 Å². The molecular formula is C10H14BrNO2. The Labute approximate surface area is 92.3 Å². The van der Waals surface area contributed by atoms with Crippen molar-refractivity contribution in [1.29, 1.82) is 0 Å². The minimum atomic E-state index is -0.117. The first-order chi connectivity index (χ1) is 6.65. The molecule has 1 aliphatic rings. The number of amides is 1. The van der Waals surface area contributed by atoms with E-state index in [2.05, 4.69) is 21.2 Å². The smallest absolute Gasteiger partial charge is 0.238 e. The largest absolute Gasteiger partial charge is 0.381 e. The number of ether oxygens (including phenoxy) is 1. The van der Waals surface area contributed by atoms with Gasteiger partial charge in [0.2, 0.25) is 5.91 Å². The van der Waals surface area contributed by atoms with E-state index in [0.29, 0.717) is 6.61 Å². The van der Waals surface area contributed by atoms with E-state index in [0.717, 1.165) is 17.7 Å². The molecule has 1 amide bonds. The number of rotatable bonds is 3. The second-order valence-corrected chi connectivity index (χ2v) is 4.27. The van der Waals surface area contributed by atoms with E-state index in [-0.39, 0.29) is 10.7 Å². The van der Waals surface area contributed by atoms with Crippen molar-refractivity contribution in [3.63, 3.8) is 0 Å². The van der Waals surface area contributed by atoms with Gasteiger partial charge in [0.05, 0.1) is 11.4 Å². The van der Waals surface area contributed by atoms with E-state index in [4.69, 9.17) is 4.74 Å². The van der Waals surface area contributed by atoms with E-state index >= 15 is 0 Å². The molecule has 78 valence electrons. The molecule has 1 unspecified atom stereocenters. The lowest BCUT2D eigenvalue weighted by Gasteiger charge is -2.20. The number of nitrogens with one attached hydrogen (secondary N) is 1. The van der Waals surface area contributed by atoms with E-state index < -0.39 is 0 Å². The summed E-state index contributed by atoms with van der Waals surface area (Å²) in [6.45, 7) is 2.50. The van der Waals surface area contributed by atoms with E-state index in [1.807, 2.05) is 19.1 Å². The van der Waals surface area contributed by atoms with Crippen LogP contribution in [0.5, 0.6) is 0 Å². The van der Waals surface area contributed by atoms with Crippen molar-refractivity contribution in [3.8, 4) is 0 Å². The number of allylic oxidation sites excluding steroid dienone is 3. The number of hydrogen-bond donors (Lipinski definition) is 1. The van der Waals surface area contributed by atoms with Gasteiger partial charge in [-0.05, 0) is 18.9 Å². The van der Waals surface area contributed by atoms with Gasteiger partial charge in [-0.25, -0.2) is 0 Å². The molecule has 1 N–H and O–H groups in total. The molecule has 1 rings (SSSR count). The average molecular weight is 260 g/mol. The van der Waals surface area contributed by atoms with Crippen LogP contribution < -0.4 is 5.32 Å². The zero-order chi connectivity index (χ0) is 10.6. The fraction of sp³-hybridized carbons (Fsp3) is 0.500. The number of methoxy groups -OCH3 is 1. The monoisotopic (exact) mass is 259 g/mol. The lowest BCUT2D eigenvalue weighted by atomic mass is 10.0. The molecule has 1 atom stereocenters. The normalized spacial score (nSPS) is 23.1. The highest BCUT2D eigenvalue weighted by atomic mass is 79.9. The molecule has 0 aromatic rings. The Kier molecular flexibility index (Phi) is 4.35. The average Bonchev–Trinajstić information content (AvgIpc) is 2.14. The number of hydrogen-bond acceptors (Lipinski definition) is 2. The van der Waals surface area contributed by atoms with Gasteiger partial charge in [0, 0.05) is 12.8 Å². The van der Waals surface area contributed by atoms with Gasteiger partial charge in [-0.2, -0.15) is 0 Å². The summed E-state index contributed by atoms with van der Waals surface area (Å²) in [7, 11) is 1.65. The molecule has 0 aromatic heterocycles. The number of halogens is 1. The van der Waals surface area contributed by atoms with Crippen molar-refractivity contribution in [3.05, 3.63) is 23.4 Å². The Hall–Kier alpha value is -0.610. The summed E-state index contributed by atoms with van der Waals surface area (Å²) in [4.78, 5) is 11.1. The molecule has 0 bridgehead atoms. The van der Waals surface area contributed by atoms with Gasteiger partial charge in [0.15, 0.2) is 0 Å². The van der Waals surface area contributed by atoms with Crippen LogP contribution in [0.4, 0.5) is 0 Å². The first kappa shape index (κ1) is 11.5. The molecule has 0 saturated carbocycles.